The summed E-state index contributed by atoms with van der Waals surface area (Å²) in [5.41, 5.74) is 0.474. The minimum atomic E-state index is 0.474. The van der Waals surface area contributed by atoms with Crippen LogP contribution in [0.25, 0.3) is 0 Å². The molecule has 0 bridgehead atoms. The summed E-state index contributed by atoms with van der Waals surface area (Å²) < 4.78 is 10.6. The van der Waals surface area contributed by atoms with Gasteiger partial charge in [-0.2, -0.15) is 4.98 Å². The van der Waals surface area contributed by atoms with Crippen molar-refractivity contribution in [2.45, 2.75) is 44.8 Å². The van der Waals surface area contributed by atoms with Crippen LogP contribution in [0.1, 0.15) is 36.0 Å². The van der Waals surface area contributed by atoms with Gasteiger partial charge in [-0.15, -0.1) is 11.3 Å². The van der Waals surface area contributed by atoms with Gasteiger partial charge in [-0.25, -0.2) is 4.98 Å². The van der Waals surface area contributed by atoms with Crippen LogP contribution in [0.15, 0.2) is 16.1 Å². The Bertz CT molecular complexity index is 668. The molecule has 2 fully saturated rings. The Morgan fingerprint density at radius 3 is 3.04 bits per heavy atom. The van der Waals surface area contributed by atoms with Gasteiger partial charge in [0.05, 0.1) is 19.7 Å². The minimum Gasteiger partial charge on any atom is -0.384 e. The predicted octanol–water partition coefficient (Wildman–Crippen LogP) is 1.86. The second kappa shape index (κ2) is 7.49. The number of hydrogen-bond donors (Lipinski definition) is 1. The molecule has 0 radical (unpaired) electrons. The summed E-state index contributed by atoms with van der Waals surface area (Å²) in [6, 6.07) is 0.591. The molecule has 2 aliphatic rings. The summed E-state index contributed by atoms with van der Waals surface area (Å²) >= 11 is 1.71. The summed E-state index contributed by atoms with van der Waals surface area (Å²) in [5.74, 6) is 1.41. The molecule has 8 heteroatoms. The number of aromatic nitrogens is 3. The minimum absolute atomic E-state index is 0.474. The Labute approximate surface area is 151 Å². The maximum atomic E-state index is 5.48. The fraction of sp³-hybridized carbons (Fsp3) is 0.706. The van der Waals surface area contributed by atoms with E-state index in [0.29, 0.717) is 36.9 Å². The van der Waals surface area contributed by atoms with Crippen LogP contribution in [0.4, 0.5) is 0 Å². The first kappa shape index (κ1) is 17.1. The van der Waals surface area contributed by atoms with E-state index < -0.39 is 0 Å². The highest BCUT2D eigenvalue weighted by Gasteiger charge is 2.56. The largest absolute Gasteiger partial charge is 0.384 e. The van der Waals surface area contributed by atoms with E-state index in [9.17, 15) is 0 Å². The van der Waals surface area contributed by atoms with E-state index in [1.165, 1.54) is 19.3 Å². The molecular weight excluding hydrogens is 338 g/mol. The molecule has 1 N–H and O–H groups in total. The third kappa shape index (κ3) is 3.92. The molecule has 1 spiro atoms. The maximum absolute atomic E-state index is 5.48. The second-order valence-corrected chi connectivity index (χ2v) is 7.99. The highest BCUT2D eigenvalue weighted by Crippen LogP contribution is 2.56. The van der Waals surface area contributed by atoms with Crippen LogP contribution in [-0.2, 0) is 24.2 Å². The van der Waals surface area contributed by atoms with Crippen LogP contribution in [0.2, 0.25) is 0 Å². The normalized spacial score (nSPS) is 21.9. The molecule has 1 aliphatic heterocycles. The zero-order valence-corrected chi connectivity index (χ0v) is 15.4. The van der Waals surface area contributed by atoms with Crippen LogP contribution in [-0.4, -0.2) is 52.9 Å². The molecule has 0 amide bonds. The van der Waals surface area contributed by atoms with E-state index in [-0.39, 0.29) is 0 Å². The van der Waals surface area contributed by atoms with Crippen LogP contribution in [0.3, 0.4) is 0 Å². The van der Waals surface area contributed by atoms with Crippen molar-refractivity contribution in [1.82, 2.24) is 25.3 Å². The first-order valence-electron chi connectivity index (χ1n) is 8.93. The number of ether oxygens (including phenoxy) is 1. The zero-order valence-electron chi connectivity index (χ0n) is 14.6. The van der Waals surface area contributed by atoms with E-state index >= 15 is 0 Å². The van der Waals surface area contributed by atoms with Gasteiger partial charge in [0.1, 0.15) is 5.01 Å². The average molecular weight is 363 g/mol. The van der Waals surface area contributed by atoms with Crippen LogP contribution in [0, 0.1) is 5.41 Å². The molecule has 1 atom stereocenters. The standard InChI is InChI=1S/C17H25N5O2S/c1-23-8-2-14-20-15(24-21-14)11-22(12-16-19-7-9-25-16)13-10-17(13)3-5-18-6-4-17/h7,9,13,18H,2-6,8,10-12H2,1H3/t13-/m0/s1. The molecule has 0 aromatic carbocycles. The quantitative estimate of drug-likeness (QED) is 0.767. The number of piperidine rings is 1. The van der Waals surface area contributed by atoms with Gasteiger partial charge in [0, 0.05) is 31.1 Å². The van der Waals surface area contributed by atoms with Crippen LogP contribution in [0.5, 0.6) is 0 Å². The molecule has 1 saturated heterocycles. The number of hydrogen-bond acceptors (Lipinski definition) is 8. The number of methoxy groups -OCH3 is 1. The predicted molar refractivity (Wildman–Crippen MR) is 94.2 cm³/mol. The number of thiazole rings is 1. The summed E-state index contributed by atoms with van der Waals surface area (Å²) in [7, 11) is 1.68. The molecule has 0 unspecified atom stereocenters. The lowest BCUT2D eigenvalue weighted by Crippen LogP contribution is -2.35. The zero-order chi connectivity index (χ0) is 17.1. The molecule has 136 valence electrons. The third-order valence-electron chi connectivity index (χ3n) is 5.39. The molecule has 1 aliphatic carbocycles. The summed E-state index contributed by atoms with van der Waals surface area (Å²) in [5, 5.41) is 10.7. The van der Waals surface area contributed by atoms with Crippen LogP contribution >= 0.6 is 11.3 Å². The lowest BCUT2D eigenvalue weighted by molar-refractivity contribution is 0.167. The van der Waals surface area contributed by atoms with E-state index in [1.807, 2.05) is 11.6 Å². The van der Waals surface area contributed by atoms with Crippen molar-refractivity contribution in [3.05, 3.63) is 28.3 Å². The Hall–Kier alpha value is -1.35. The highest BCUT2D eigenvalue weighted by atomic mass is 32.1. The van der Waals surface area contributed by atoms with Gasteiger partial charge in [0.25, 0.3) is 0 Å². The van der Waals surface area contributed by atoms with Gasteiger partial charge in [-0.3, -0.25) is 4.90 Å². The first-order valence-corrected chi connectivity index (χ1v) is 9.81. The Morgan fingerprint density at radius 2 is 2.28 bits per heavy atom. The third-order valence-corrected chi connectivity index (χ3v) is 6.15. The highest BCUT2D eigenvalue weighted by molar-refractivity contribution is 7.09. The van der Waals surface area contributed by atoms with Gasteiger partial charge in [-0.05, 0) is 37.8 Å². The Kier molecular flexibility index (Phi) is 5.12. The van der Waals surface area contributed by atoms with Crippen molar-refractivity contribution < 1.29 is 9.26 Å². The van der Waals surface area contributed by atoms with E-state index in [2.05, 4.69) is 25.3 Å². The second-order valence-electron chi connectivity index (χ2n) is 7.01. The van der Waals surface area contributed by atoms with E-state index in [4.69, 9.17) is 9.26 Å². The molecule has 1 saturated carbocycles. The average Bonchev–Trinajstić information content (AvgIpc) is 3.00. The van der Waals surface area contributed by atoms with Crippen molar-refractivity contribution in [2.75, 3.05) is 26.8 Å². The van der Waals surface area contributed by atoms with Gasteiger partial charge in [-0.1, -0.05) is 5.16 Å². The number of rotatable bonds is 8. The monoisotopic (exact) mass is 363 g/mol. The smallest absolute Gasteiger partial charge is 0.240 e. The summed E-state index contributed by atoms with van der Waals surface area (Å²) in [6.45, 7) is 4.42. The molecule has 4 rings (SSSR count). The lowest BCUT2D eigenvalue weighted by Gasteiger charge is -2.28. The molecule has 2 aromatic rings. The topological polar surface area (TPSA) is 76.3 Å². The SMILES string of the molecule is COCCc1noc(CN(Cc2nccs2)[C@H]2CC23CCNCC3)n1. The number of nitrogens with one attached hydrogen (secondary N) is 1. The molecule has 25 heavy (non-hydrogen) atoms. The van der Waals surface area contributed by atoms with Crippen molar-refractivity contribution in [3.63, 3.8) is 0 Å². The van der Waals surface area contributed by atoms with Crippen molar-refractivity contribution in [3.8, 4) is 0 Å². The Morgan fingerprint density at radius 1 is 1.40 bits per heavy atom. The maximum Gasteiger partial charge on any atom is 0.240 e. The summed E-state index contributed by atoms with van der Waals surface area (Å²) in [4.78, 5) is 11.5. The van der Waals surface area contributed by atoms with E-state index in [0.717, 1.165) is 30.5 Å². The van der Waals surface area contributed by atoms with Crippen LogP contribution < -0.4 is 5.32 Å². The van der Waals surface area contributed by atoms with Gasteiger partial charge >= 0.3 is 0 Å². The van der Waals surface area contributed by atoms with Gasteiger partial charge in [0.2, 0.25) is 5.89 Å². The fourth-order valence-electron chi connectivity index (χ4n) is 3.91. The van der Waals surface area contributed by atoms with E-state index in [1.54, 1.807) is 18.4 Å². The number of nitrogens with zero attached hydrogens (tertiary/aromatic N) is 4. The molecule has 2 aromatic heterocycles. The summed E-state index contributed by atoms with van der Waals surface area (Å²) in [6.07, 6.45) is 6.35. The van der Waals surface area contributed by atoms with Crippen molar-refractivity contribution in [1.29, 1.82) is 0 Å². The molecule has 7 nitrogen and oxygen atoms in total. The fourth-order valence-corrected chi connectivity index (χ4v) is 4.55. The lowest BCUT2D eigenvalue weighted by atomic mass is 9.93. The first-order chi connectivity index (χ1) is 12.3. The molecule has 3 heterocycles. The van der Waals surface area contributed by atoms with Crippen molar-refractivity contribution in [2.24, 2.45) is 5.41 Å². The van der Waals surface area contributed by atoms with Gasteiger partial charge in [0.15, 0.2) is 5.82 Å². The molecular formula is C17H25N5O2S. The van der Waals surface area contributed by atoms with Crippen molar-refractivity contribution >= 4 is 11.3 Å². The Balaban J connectivity index is 1.45. The van der Waals surface area contributed by atoms with Gasteiger partial charge < -0.3 is 14.6 Å².